The summed E-state index contributed by atoms with van der Waals surface area (Å²) in [7, 11) is 0. The van der Waals surface area contributed by atoms with Crippen LogP contribution in [0.15, 0.2) is 82.9 Å². The molecule has 0 spiro atoms. The standard InChI is InChI=1S/C25H21N3OS/c1-17-21(14-15-22(29)18-12-13-18)25(28(27-17)20-9-3-2-4-10-20)30-23-11-5-7-19-8-6-16-26-24(19)23/h2-11,14-16,18H,12-13H2,1H3/b15-14+. The van der Waals surface area contributed by atoms with Crippen molar-refractivity contribution in [1.82, 2.24) is 14.8 Å². The molecule has 2 aromatic heterocycles. The van der Waals surface area contributed by atoms with Crippen molar-refractivity contribution < 1.29 is 4.79 Å². The van der Waals surface area contributed by atoms with E-state index in [4.69, 9.17) is 5.10 Å². The molecule has 30 heavy (non-hydrogen) atoms. The molecule has 0 atom stereocenters. The van der Waals surface area contributed by atoms with Crippen molar-refractivity contribution >= 4 is 34.5 Å². The van der Waals surface area contributed by atoms with Gasteiger partial charge in [-0.1, -0.05) is 48.2 Å². The molecule has 1 aliphatic rings. The molecule has 4 nitrogen and oxygen atoms in total. The van der Waals surface area contributed by atoms with Gasteiger partial charge in [0, 0.05) is 28.0 Å². The van der Waals surface area contributed by atoms with Crippen LogP contribution in [0.3, 0.4) is 0 Å². The Morgan fingerprint density at radius 3 is 2.67 bits per heavy atom. The van der Waals surface area contributed by atoms with E-state index in [1.807, 2.05) is 60.3 Å². The van der Waals surface area contributed by atoms with Crippen LogP contribution in [0, 0.1) is 12.8 Å². The van der Waals surface area contributed by atoms with E-state index in [2.05, 4.69) is 29.2 Å². The van der Waals surface area contributed by atoms with Crippen molar-refractivity contribution in [1.29, 1.82) is 0 Å². The van der Waals surface area contributed by atoms with Crippen LogP contribution in [-0.2, 0) is 4.79 Å². The first-order chi connectivity index (χ1) is 14.7. The number of nitrogens with zero attached hydrogens (tertiary/aromatic N) is 3. The number of ketones is 1. The van der Waals surface area contributed by atoms with E-state index in [0.717, 1.165) is 50.6 Å². The van der Waals surface area contributed by atoms with Crippen LogP contribution in [-0.4, -0.2) is 20.5 Å². The SMILES string of the molecule is Cc1nn(-c2ccccc2)c(Sc2cccc3cccnc23)c1/C=C/C(=O)C1CC1. The second-order valence-electron chi connectivity index (χ2n) is 7.49. The second kappa shape index (κ2) is 7.92. The maximum absolute atomic E-state index is 12.3. The van der Waals surface area contributed by atoms with Gasteiger partial charge in [-0.15, -0.1) is 0 Å². The summed E-state index contributed by atoms with van der Waals surface area (Å²) < 4.78 is 1.96. The molecule has 1 saturated carbocycles. The third-order valence-electron chi connectivity index (χ3n) is 5.26. The number of hydrogen-bond acceptors (Lipinski definition) is 4. The van der Waals surface area contributed by atoms with Gasteiger partial charge in [-0.25, -0.2) is 4.68 Å². The van der Waals surface area contributed by atoms with Crippen LogP contribution >= 0.6 is 11.8 Å². The maximum Gasteiger partial charge on any atom is 0.158 e. The maximum atomic E-state index is 12.3. The fourth-order valence-corrected chi connectivity index (χ4v) is 4.67. The van der Waals surface area contributed by atoms with Crippen LogP contribution in [0.5, 0.6) is 0 Å². The summed E-state index contributed by atoms with van der Waals surface area (Å²) >= 11 is 1.64. The third-order valence-corrected chi connectivity index (χ3v) is 6.40. The highest BCUT2D eigenvalue weighted by atomic mass is 32.2. The Balaban J connectivity index is 1.63. The number of carbonyl (C=O) groups is 1. The van der Waals surface area contributed by atoms with Crippen molar-refractivity contribution in [2.45, 2.75) is 29.7 Å². The van der Waals surface area contributed by atoms with Gasteiger partial charge in [-0.2, -0.15) is 5.10 Å². The summed E-state index contributed by atoms with van der Waals surface area (Å²) in [6.07, 6.45) is 7.50. The highest BCUT2D eigenvalue weighted by Gasteiger charge is 2.27. The lowest BCUT2D eigenvalue weighted by Crippen LogP contribution is -1.98. The molecule has 2 heterocycles. The molecule has 5 rings (SSSR count). The lowest BCUT2D eigenvalue weighted by molar-refractivity contribution is -0.115. The highest BCUT2D eigenvalue weighted by molar-refractivity contribution is 7.99. The number of fused-ring (bicyclic) bond motifs is 1. The van der Waals surface area contributed by atoms with Gasteiger partial charge < -0.3 is 0 Å². The monoisotopic (exact) mass is 411 g/mol. The number of benzene rings is 2. The Kier molecular flexibility index (Phi) is 4.97. The van der Waals surface area contributed by atoms with Crippen LogP contribution in [0.1, 0.15) is 24.1 Å². The fourth-order valence-electron chi connectivity index (χ4n) is 3.48. The van der Waals surface area contributed by atoms with Crippen molar-refractivity contribution in [3.8, 4) is 5.69 Å². The largest absolute Gasteiger partial charge is 0.295 e. The van der Waals surface area contributed by atoms with Crippen molar-refractivity contribution in [2.24, 2.45) is 5.92 Å². The number of para-hydroxylation sites is 2. The molecule has 2 aromatic carbocycles. The molecule has 0 saturated heterocycles. The van der Waals surface area contributed by atoms with Gasteiger partial charge in [-0.3, -0.25) is 9.78 Å². The average Bonchev–Trinajstić information content (AvgIpc) is 3.59. The normalized spacial score (nSPS) is 13.9. The summed E-state index contributed by atoms with van der Waals surface area (Å²) in [4.78, 5) is 17.9. The molecule has 0 unspecified atom stereocenters. The number of rotatable bonds is 6. The van der Waals surface area contributed by atoms with E-state index in [1.54, 1.807) is 17.8 Å². The number of pyridine rings is 1. The van der Waals surface area contributed by atoms with E-state index in [9.17, 15) is 4.79 Å². The zero-order valence-corrected chi connectivity index (χ0v) is 17.5. The first-order valence-electron chi connectivity index (χ1n) is 10.1. The predicted molar refractivity (Wildman–Crippen MR) is 121 cm³/mol. The fraction of sp³-hybridized carbons (Fsp3) is 0.160. The van der Waals surface area contributed by atoms with E-state index in [1.165, 1.54) is 0 Å². The van der Waals surface area contributed by atoms with E-state index >= 15 is 0 Å². The summed E-state index contributed by atoms with van der Waals surface area (Å²) in [6.45, 7) is 1.99. The van der Waals surface area contributed by atoms with Gasteiger partial charge in [-0.05, 0) is 56.2 Å². The molecule has 0 radical (unpaired) electrons. The van der Waals surface area contributed by atoms with Crippen LogP contribution in [0.4, 0.5) is 0 Å². The minimum Gasteiger partial charge on any atom is -0.295 e. The van der Waals surface area contributed by atoms with Crippen LogP contribution in [0.2, 0.25) is 0 Å². The molecule has 0 aliphatic heterocycles. The first kappa shape index (κ1) is 18.8. The first-order valence-corrected chi connectivity index (χ1v) is 10.9. The summed E-state index contributed by atoms with van der Waals surface area (Å²) in [5.41, 5.74) is 3.83. The molecule has 1 fully saturated rings. The quantitative estimate of drug-likeness (QED) is 0.372. The molecule has 0 bridgehead atoms. The van der Waals surface area contributed by atoms with Gasteiger partial charge in [0.25, 0.3) is 0 Å². The molecular weight excluding hydrogens is 390 g/mol. The average molecular weight is 412 g/mol. The zero-order valence-electron chi connectivity index (χ0n) is 16.7. The Morgan fingerprint density at radius 2 is 1.87 bits per heavy atom. The third kappa shape index (κ3) is 3.68. The smallest absolute Gasteiger partial charge is 0.158 e. The number of hydrogen-bond donors (Lipinski definition) is 0. The lowest BCUT2D eigenvalue weighted by Gasteiger charge is -2.10. The van der Waals surface area contributed by atoms with Gasteiger partial charge in [0.05, 0.1) is 16.9 Å². The van der Waals surface area contributed by atoms with Gasteiger partial charge in [0.15, 0.2) is 5.78 Å². The van der Waals surface area contributed by atoms with Gasteiger partial charge >= 0.3 is 0 Å². The summed E-state index contributed by atoms with van der Waals surface area (Å²) in [5.74, 6) is 0.425. The van der Waals surface area contributed by atoms with E-state index in [-0.39, 0.29) is 11.7 Å². The minimum absolute atomic E-state index is 0.212. The van der Waals surface area contributed by atoms with Crippen LogP contribution in [0.25, 0.3) is 22.7 Å². The van der Waals surface area contributed by atoms with Crippen LogP contribution < -0.4 is 0 Å². The molecule has 5 heteroatoms. The molecular formula is C25H21N3OS. The van der Waals surface area contributed by atoms with Gasteiger partial charge in [0.2, 0.25) is 0 Å². The number of carbonyl (C=O) groups excluding carboxylic acids is 1. The topological polar surface area (TPSA) is 47.8 Å². The lowest BCUT2D eigenvalue weighted by atomic mass is 10.2. The molecule has 0 amide bonds. The zero-order chi connectivity index (χ0) is 20.5. The van der Waals surface area contributed by atoms with Crippen molar-refractivity contribution in [2.75, 3.05) is 0 Å². The second-order valence-corrected chi connectivity index (χ2v) is 8.53. The van der Waals surface area contributed by atoms with E-state index < -0.39 is 0 Å². The summed E-state index contributed by atoms with van der Waals surface area (Å²) in [5, 5.41) is 6.89. The highest BCUT2D eigenvalue weighted by Crippen LogP contribution is 2.38. The molecule has 0 N–H and O–H groups in total. The Hall–Kier alpha value is -3.18. The molecule has 1 aliphatic carbocycles. The van der Waals surface area contributed by atoms with E-state index in [0.29, 0.717) is 0 Å². The summed E-state index contributed by atoms with van der Waals surface area (Å²) in [6, 6.07) is 20.3. The Bertz CT molecular complexity index is 1250. The Morgan fingerprint density at radius 1 is 1.07 bits per heavy atom. The predicted octanol–water partition coefficient (Wildman–Crippen LogP) is 5.87. The molecule has 148 valence electrons. The van der Waals surface area contributed by atoms with Crippen molar-refractivity contribution in [3.63, 3.8) is 0 Å². The molecule has 4 aromatic rings. The Labute approximate surface area is 179 Å². The minimum atomic E-state index is 0.212. The number of aromatic nitrogens is 3. The number of aryl methyl sites for hydroxylation is 1. The van der Waals surface area contributed by atoms with Crippen molar-refractivity contribution in [3.05, 3.63) is 84.2 Å². The van der Waals surface area contributed by atoms with Gasteiger partial charge in [0.1, 0.15) is 5.03 Å². The number of allylic oxidation sites excluding steroid dienone is 1.